The zero-order valence-electron chi connectivity index (χ0n) is 17.2. The summed E-state index contributed by atoms with van der Waals surface area (Å²) >= 11 is 0. The van der Waals surface area contributed by atoms with Gasteiger partial charge in [0.25, 0.3) is 5.91 Å². The molecular weight excluding hydrogens is 350 g/mol. The highest BCUT2D eigenvalue weighted by atomic mass is 16.2. The SMILES string of the molecule is CCCN(CCC)C(=O)c1cc(C)nc(Nc2ccc(N3CCCC3)cc2)n1. The third-order valence-corrected chi connectivity index (χ3v) is 4.94. The van der Waals surface area contributed by atoms with E-state index in [9.17, 15) is 4.79 Å². The van der Waals surface area contributed by atoms with Gasteiger partial charge in [0.1, 0.15) is 5.69 Å². The van der Waals surface area contributed by atoms with E-state index in [-0.39, 0.29) is 5.91 Å². The van der Waals surface area contributed by atoms with Crippen LogP contribution >= 0.6 is 0 Å². The first-order chi connectivity index (χ1) is 13.6. The lowest BCUT2D eigenvalue weighted by molar-refractivity contribution is 0.0749. The van der Waals surface area contributed by atoms with E-state index < -0.39 is 0 Å². The average molecular weight is 382 g/mol. The lowest BCUT2D eigenvalue weighted by Crippen LogP contribution is -2.33. The van der Waals surface area contributed by atoms with Crippen molar-refractivity contribution in [2.24, 2.45) is 0 Å². The molecule has 150 valence electrons. The molecule has 0 atom stereocenters. The Morgan fingerprint density at radius 1 is 1.07 bits per heavy atom. The number of nitrogens with one attached hydrogen (secondary N) is 1. The predicted octanol–water partition coefficient (Wildman–Crippen LogP) is 4.39. The highest BCUT2D eigenvalue weighted by Gasteiger charge is 2.17. The third kappa shape index (κ3) is 5.00. The van der Waals surface area contributed by atoms with Crippen molar-refractivity contribution in [3.8, 4) is 0 Å². The summed E-state index contributed by atoms with van der Waals surface area (Å²) in [6, 6.07) is 10.1. The second-order valence-electron chi connectivity index (χ2n) is 7.38. The second kappa shape index (κ2) is 9.53. The third-order valence-electron chi connectivity index (χ3n) is 4.94. The molecule has 2 aromatic rings. The van der Waals surface area contributed by atoms with Gasteiger partial charge in [-0.3, -0.25) is 4.79 Å². The molecule has 0 aliphatic carbocycles. The molecule has 1 N–H and O–H groups in total. The van der Waals surface area contributed by atoms with Crippen molar-refractivity contribution >= 4 is 23.2 Å². The molecule has 1 aromatic heterocycles. The average Bonchev–Trinajstić information content (AvgIpc) is 3.22. The van der Waals surface area contributed by atoms with E-state index >= 15 is 0 Å². The minimum Gasteiger partial charge on any atom is -0.372 e. The van der Waals surface area contributed by atoms with Crippen molar-refractivity contribution < 1.29 is 4.79 Å². The van der Waals surface area contributed by atoms with Crippen LogP contribution in [0, 0.1) is 6.92 Å². The highest BCUT2D eigenvalue weighted by Crippen LogP contribution is 2.23. The molecule has 1 saturated heterocycles. The number of carbonyl (C=O) groups excluding carboxylic acids is 1. The number of benzene rings is 1. The van der Waals surface area contributed by atoms with Crippen LogP contribution in [0.1, 0.15) is 55.7 Å². The molecule has 1 fully saturated rings. The maximum atomic E-state index is 12.9. The first-order valence-corrected chi connectivity index (χ1v) is 10.4. The van der Waals surface area contributed by atoms with Gasteiger partial charge in [-0.1, -0.05) is 13.8 Å². The van der Waals surface area contributed by atoms with Gasteiger partial charge in [0.15, 0.2) is 0 Å². The van der Waals surface area contributed by atoms with Crippen LogP contribution in [-0.2, 0) is 0 Å². The Balaban J connectivity index is 1.74. The van der Waals surface area contributed by atoms with Gasteiger partial charge in [0, 0.05) is 43.2 Å². The summed E-state index contributed by atoms with van der Waals surface area (Å²) in [5.74, 6) is 0.437. The monoisotopic (exact) mass is 381 g/mol. The van der Waals surface area contributed by atoms with Crippen molar-refractivity contribution in [2.45, 2.75) is 46.5 Å². The van der Waals surface area contributed by atoms with Crippen molar-refractivity contribution in [3.05, 3.63) is 41.7 Å². The fourth-order valence-electron chi connectivity index (χ4n) is 3.61. The molecule has 0 spiro atoms. The highest BCUT2D eigenvalue weighted by molar-refractivity contribution is 5.92. The van der Waals surface area contributed by atoms with Crippen LogP contribution in [0.4, 0.5) is 17.3 Å². The molecule has 3 rings (SSSR count). The summed E-state index contributed by atoms with van der Waals surface area (Å²) in [7, 11) is 0. The van der Waals surface area contributed by atoms with Gasteiger partial charge in [-0.15, -0.1) is 0 Å². The van der Waals surface area contributed by atoms with E-state index in [1.807, 2.05) is 24.0 Å². The molecule has 1 aliphatic rings. The van der Waals surface area contributed by atoms with E-state index in [0.29, 0.717) is 11.6 Å². The number of amides is 1. The van der Waals surface area contributed by atoms with Gasteiger partial charge in [0.2, 0.25) is 5.95 Å². The van der Waals surface area contributed by atoms with Crippen LogP contribution in [0.25, 0.3) is 0 Å². The number of carbonyl (C=O) groups is 1. The molecule has 6 nitrogen and oxygen atoms in total. The Hall–Kier alpha value is -2.63. The van der Waals surface area contributed by atoms with E-state index in [0.717, 1.165) is 50.4 Å². The van der Waals surface area contributed by atoms with Gasteiger partial charge in [-0.05, 0) is 62.9 Å². The van der Waals surface area contributed by atoms with Gasteiger partial charge in [-0.25, -0.2) is 9.97 Å². The first-order valence-electron chi connectivity index (χ1n) is 10.4. The predicted molar refractivity (Wildman–Crippen MR) is 114 cm³/mol. The molecule has 2 heterocycles. The zero-order chi connectivity index (χ0) is 19.9. The molecule has 1 aromatic carbocycles. The molecule has 0 radical (unpaired) electrons. The summed E-state index contributed by atoms with van der Waals surface area (Å²) < 4.78 is 0. The number of anilines is 3. The molecule has 0 bridgehead atoms. The molecular formula is C22H31N5O. The normalized spacial score (nSPS) is 13.6. The zero-order valence-corrected chi connectivity index (χ0v) is 17.2. The van der Waals surface area contributed by atoms with Crippen molar-refractivity contribution in [1.82, 2.24) is 14.9 Å². The fraction of sp³-hybridized carbons (Fsp3) is 0.500. The Labute approximate surface area is 168 Å². The number of aromatic nitrogens is 2. The van der Waals surface area contributed by atoms with E-state index in [4.69, 9.17) is 0 Å². The largest absolute Gasteiger partial charge is 0.372 e. The van der Waals surface area contributed by atoms with Gasteiger partial charge in [-0.2, -0.15) is 0 Å². The van der Waals surface area contributed by atoms with E-state index in [1.165, 1.54) is 18.5 Å². The maximum Gasteiger partial charge on any atom is 0.272 e. The first kappa shape index (κ1) is 20.1. The van der Waals surface area contributed by atoms with Gasteiger partial charge in [0.05, 0.1) is 0 Å². The summed E-state index contributed by atoms with van der Waals surface area (Å²) in [5.41, 5.74) is 3.40. The molecule has 28 heavy (non-hydrogen) atoms. The Bertz CT molecular complexity index is 778. The molecule has 0 unspecified atom stereocenters. The Morgan fingerprint density at radius 2 is 1.71 bits per heavy atom. The van der Waals surface area contributed by atoms with E-state index in [1.54, 1.807) is 6.07 Å². The number of rotatable bonds is 8. The molecule has 1 aliphatic heterocycles. The molecule has 0 saturated carbocycles. The Kier molecular flexibility index (Phi) is 6.85. The summed E-state index contributed by atoms with van der Waals surface area (Å²) in [6.07, 6.45) is 4.40. The Morgan fingerprint density at radius 3 is 2.32 bits per heavy atom. The number of hydrogen-bond acceptors (Lipinski definition) is 5. The van der Waals surface area contributed by atoms with E-state index in [2.05, 4.69) is 46.2 Å². The van der Waals surface area contributed by atoms with Crippen LogP contribution in [0.3, 0.4) is 0 Å². The number of hydrogen-bond donors (Lipinski definition) is 1. The van der Waals surface area contributed by atoms with Crippen LogP contribution in [0.2, 0.25) is 0 Å². The minimum absolute atomic E-state index is 0.0263. The van der Waals surface area contributed by atoms with Crippen molar-refractivity contribution in [2.75, 3.05) is 36.4 Å². The number of nitrogens with zero attached hydrogens (tertiary/aromatic N) is 4. The quantitative estimate of drug-likeness (QED) is 0.735. The fourth-order valence-corrected chi connectivity index (χ4v) is 3.61. The standard InChI is InChI=1S/C22H31N5O/c1-4-12-27(13-5-2)21(28)20-16-17(3)23-22(25-20)24-18-8-10-19(11-9-18)26-14-6-7-15-26/h8-11,16H,4-7,12-15H2,1-3H3,(H,23,24,25). The lowest BCUT2D eigenvalue weighted by Gasteiger charge is -2.21. The lowest BCUT2D eigenvalue weighted by atomic mass is 10.2. The molecule has 6 heteroatoms. The van der Waals surface area contributed by atoms with Crippen LogP contribution < -0.4 is 10.2 Å². The number of aryl methyl sites for hydroxylation is 1. The van der Waals surface area contributed by atoms with Gasteiger partial charge < -0.3 is 15.1 Å². The van der Waals surface area contributed by atoms with Crippen molar-refractivity contribution in [3.63, 3.8) is 0 Å². The van der Waals surface area contributed by atoms with Crippen LogP contribution in [0.15, 0.2) is 30.3 Å². The smallest absolute Gasteiger partial charge is 0.272 e. The van der Waals surface area contributed by atoms with Crippen LogP contribution in [0.5, 0.6) is 0 Å². The second-order valence-corrected chi connectivity index (χ2v) is 7.38. The molecule has 1 amide bonds. The summed E-state index contributed by atoms with van der Waals surface area (Å²) in [6.45, 7) is 9.81. The van der Waals surface area contributed by atoms with Crippen LogP contribution in [-0.4, -0.2) is 47.0 Å². The topological polar surface area (TPSA) is 61.4 Å². The maximum absolute atomic E-state index is 12.9. The van der Waals surface area contributed by atoms with Crippen molar-refractivity contribution in [1.29, 1.82) is 0 Å². The summed E-state index contributed by atoms with van der Waals surface area (Å²) in [5, 5.41) is 3.25. The van der Waals surface area contributed by atoms with Gasteiger partial charge >= 0.3 is 0 Å². The minimum atomic E-state index is -0.0263. The summed E-state index contributed by atoms with van der Waals surface area (Å²) in [4.78, 5) is 26.1.